The van der Waals surface area contributed by atoms with Gasteiger partial charge in [-0.25, -0.2) is 0 Å². The van der Waals surface area contributed by atoms with Gasteiger partial charge in [-0.15, -0.1) is 0 Å². The van der Waals surface area contributed by atoms with Crippen LogP contribution in [0.2, 0.25) is 5.02 Å². The van der Waals surface area contributed by atoms with Crippen molar-refractivity contribution in [1.29, 1.82) is 0 Å². The van der Waals surface area contributed by atoms with Crippen LogP contribution >= 0.6 is 11.6 Å². The lowest BCUT2D eigenvalue weighted by atomic mass is 9.95. The molecule has 0 aliphatic rings. The molecule has 0 amide bonds. The van der Waals surface area contributed by atoms with Gasteiger partial charge in [-0.2, -0.15) is 0 Å². The summed E-state index contributed by atoms with van der Waals surface area (Å²) < 4.78 is 5.62. The van der Waals surface area contributed by atoms with E-state index in [1.807, 2.05) is 33.0 Å². The molecule has 1 N–H and O–H groups in total. The first-order chi connectivity index (χ1) is 8.52. The molecule has 1 aromatic heterocycles. The van der Waals surface area contributed by atoms with E-state index in [1.54, 1.807) is 0 Å². The topological polar surface area (TPSA) is 25.2 Å². The summed E-state index contributed by atoms with van der Waals surface area (Å²) in [4.78, 5) is 0. The summed E-state index contributed by atoms with van der Waals surface area (Å²) in [5.41, 5.74) is 3.59. The van der Waals surface area contributed by atoms with Crippen molar-refractivity contribution in [1.82, 2.24) is 5.32 Å². The summed E-state index contributed by atoms with van der Waals surface area (Å²) in [6, 6.07) is 8.21. The Morgan fingerprint density at radius 2 is 1.83 bits per heavy atom. The fourth-order valence-corrected chi connectivity index (χ4v) is 2.61. The number of nitrogens with one attached hydrogen (secondary N) is 1. The van der Waals surface area contributed by atoms with E-state index < -0.39 is 0 Å². The van der Waals surface area contributed by atoms with Gasteiger partial charge in [0.15, 0.2) is 0 Å². The molecule has 0 aliphatic heterocycles. The van der Waals surface area contributed by atoms with Gasteiger partial charge < -0.3 is 9.73 Å². The highest BCUT2D eigenvalue weighted by Crippen LogP contribution is 2.30. The van der Waals surface area contributed by atoms with Crippen molar-refractivity contribution in [2.75, 3.05) is 7.05 Å². The number of hydrogen-bond acceptors (Lipinski definition) is 2. The van der Waals surface area contributed by atoms with Gasteiger partial charge in [-0.1, -0.05) is 17.7 Å². The Morgan fingerprint density at radius 1 is 1.11 bits per heavy atom. The number of hydrogen-bond donors (Lipinski definition) is 1. The number of rotatable bonds is 3. The summed E-state index contributed by atoms with van der Waals surface area (Å²) in [5.74, 6) is 1.90. The second-order valence-corrected chi connectivity index (χ2v) is 5.03. The van der Waals surface area contributed by atoms with E-state index >= 15 is 0 Å². The van der Waals surface area contributed by atoms with E-state index in [0.29, 0.717) is 0 Å². The van der Waals surface area contributed by atoms with E-state index in [1.165, 1.54) is 16.7 Å². The fraction of sp³-hybridized carbons (Fsp3) is 0.333. The van der Waals surface area contributed by atoms with Crippen LogP contribution < -0.4 is 5.32 Å². The molecule has 0 fully saturated rings. The number of aryl methyl sites for hydroxylation is 3. The Labute approximate surface area is 113 Å². The van der Waals surface area contributed by atoms with Gasteiger partial charge >= 0.3 is 0 Å². The number of furan rings is 1. The van der Waals surface area contributed by atoms with Crippen molar-refractivity contribution < 1.29 is 4.42 Å². The van der Waals surface area contributed by atoms with Crippen LogP contribution in [0.5, 0.6) is 0 Å². The zero-order valence-electron chi connectivity index (χ0n) is 11.2. The zero-order chi connectivity index (χ0) is 13.3. The molecule has 2 nitrogen and oxygen atoms in total. The Bertz CT molecular complexity index is 560. The van der Waals surface area contributed by atoms with Crippen LogP contribution in [0.4, 0.5) is 0 Å². The van der Waals surface area contributed by atoms with Gasteiger partial charge in [-0.3, -0.25) is 0 Å². The second kappa shape index (κ2) is 5.17. The molecule has 1 aromatic carbocycles. The summed E-state index contributed by atoms with van der Waals surface area (Å²) in [7, 11) is 1.96. The summed E-state index contributed by atoms with van der Waals surface area (Å²) >= 11 is 6.01. The summed E-state index contributed by atoms with van der Waals surface area (Å²) in [5, 5.41) is 4.12. The largest absolute Gasteiger partial charge is 0.466 e. The molecule has 0 saturated heterocycles. The molecule has 2 aromatic rings. The third-order valence-corrected chi connectivity index (χ3v) is 3.46. The van der Waals surface area contributed by atoms with Gasteiger partial charge in [-0.05, 0) is 57.1 Å². The summed E-state index contributed by atoms with van der Waals surface area (Å²) in [6.45, 7) is 6.05. The standard InChI is InChI=1S/C15H18ClNO/c1-9-7-12(16)5-6-13(9)15(17-4)14-8-10(2)18-11(14)3/h5-8,15,17H,1-4H3. The molecule has 3 heteroatoms. The highest BCUT2D eigenvalue weighted by Gasteiger charge is 2.19. The first-order valence-corrected chi connectivity index (χ1v) is 6.41. The lowest BCUT2D eigenvalue weighted by Gasteiger charge is -2.18. The van der Waals surface area contributed by atoms with Crippen molar-refractivity contribution in [3.05, 3.63) is 57.5 Å². The molecule has 0 spiro atoms. The maximum atomic E-state index is 6.01. The van der Waals surface area contributed by atoms with E-state index in [4.69, 9.17) is 16.0 Å². The zero-order valence-corrected chi connectivity index (χ0v) is 11.9. The molecule has 0 aliphatic carbocycles. The average molecular weight is 264 g/mol. The van der Waals surface area contributed by atoms with E-state index in [-0.39, 0.29) is 6.04 Å². The minimum Gasteiger partial charge on any atom is -0.466 e. The van der Waals surface area contributed by atoms with Crippen molar-refractivity contribution >= 4 is 11.6 Å². The molecule has 18 heavy (non-hydrogen) atoms. The minimum atomic E-state index is 0.139. The van der Waals surface area contributed by atoms with Crippen molar-refractivity contribution in [2.24, 2.45) is 0 Å². The third kappa shape index (κ3) is 2.45. The summed E-state index contributed by atoms with van der Waals surface area (Å²) in [6.07, 6.45) is 0. The predicted octanol–water partition coefficient (Wildman–Crippen LogP) is 4.17. The maximum absolute atomic E-state index is 6.01. The Kier molecular flexibility index (Phi) is 3.79. The van der Waals surface area contributed by atoms with Crippen LogP contribution in [0.1, 0.15) is 34.3 Å². The van der Waals surface area contributed by atoms with Crippen LogP contribution in [-0.4, -0.2) is 7.05 Å². The average Bonchev–Trinajstić information content (AvgIpc) is 2.62. The van der Waals surface area contributed by atoms with Crippen molar-refractivity contribution in [2.45, 2.75) is 26.8 Å². The van der Waals surface area contributed by atoms with Crippen LogP contribution in [-0.2, 0) is 0 Å². The van der Waals surface area contributed by atoms with Gasteiger partial charge in [0, 0.05) is 10.6 Å². The SMILES string of the molecule is CNC(c1ccc(Cl)cc1C)c1cc(C)oc1C. The monoisotopic (exact) mass is 263 g/mol. The lowest BCUT2D eigenvalue weighted by molar-refractivity contribution is 0.497. The number of benzene rings is 1. The van der Waals surface area contributed by atoms with Crippen LogP contribution in [0.25, 0.3) is 0 Å². The first-order valence-electron chi connectivity index (χ1n) is 6.03. The van der Waals surface area contributed by atoms with Gasteiger partial charge in [0.1, 0.15) is 11.5 Å². The quantitative estimate of drug-likeness (QED) is 0.899. The first kappa shape index (κ1) is 13.2. The van der Waals surface area contributed by atoms with E-state index in [2.05, 4.69) is 24.4 Å². The molecule has 0 radical (unpaired) electrons. The predicted molar refractivity (Wildman–Crippen MR) is 75.3 cm³/mol. The Balaban J connectivity index is 2.48. The Hall–Kier alpha value is -1.25. The maximum Gasteiger partial charge on any atom is 0.106 e. The van der Waals surface area contributed by atoms with Crippen LogP contribution in [0.3, 0.4) is 0 Å². The van der Waals surface area contributed by atoms with E-state index in [9.17, 15) is 0 Å². The molecular formula is C15H18ClNO. The molecule has 1 atom stereocenters. The highest BCUT2D eigenvalue weighted by atomic mass is 35.5. The lowest BCUT2D eigenvalue weighted by Crippen LogP contribution is -2.18. The fourth-order valence-electron chi connectivity index (χ4n) is 2.38. The molecule has 96 valence electrons. The molecule has 0 saturated carbocycles. The van der Waals surface area contributed by atoms with Gasteiger partial charge in [0.25, 0.3) is 0 Å². The molecule has 1 heterocycles. The molecule has 1 unspecified atom stereocenters. The van der Waals surface area contributed by atoms with E-state index in [0.717, 1.165) is 16.5 Å². The van der Waals surface area contributed by atoms with Crippen molar-refractivity contribution in [3.63, 3.8) is 0 Å². The third-order valence-electron chi connectivity index (χ3n) is 3.22. The van der Waals surface area contributed by atoms with Crippen molar-refractivity contribution in [3.8, 4) is 0 Å². The van der Waals surface area contributed by atoms with Gasteiger partial charge in [0.2, 0.25) is 0 Å². The normalized spacial score (nSPS) is 12.7. The van der Waals surface area contributed by atoms with Gasteiger partial charge in [0.05, 0.1) is 6.04 Å². The molecular weight excluding hydrogens is 246 g/mol. The second-order valence-electron chi connectivity index (χ2n) is 4.59. The molecule has 2 rings (SSSR count). The smallest absolute Gasteiger partial charge is 0.106 e. The molecule has 0 bridgehead atoms. The van der Waals surface area contributed by atoms with Crippen LogP contribution in [0.15, 0.2) is 28.7 Å². The Morgan fingerprint density at radius 3 is 2.33 bits per heavy atom. The highest BCUT2D eigenvalue weighted by molar-refractivity contribution is 6.30. The minimum absolute atomic E-state index is 0.139. The van der Waals surface area contributed by atoms with Crippen LogP contribution in [0, 0.1) is 20.8 Å². The number of halogens is 1.